The molecule has 0 bridgehead atoms. The van der Waals surface area contributed by atoms with Gasteiger partial charge in [-0.2, -0.15) is 0 Å². The molecule has 1 heteroatoms. The first-order valence-electron chi connectivity index (χ1n) is 6.14. The Balaban J connectivity index is 2.62. The maximum absolute atomic E-state index is 3.78. The predicted molar refractivity (Wildman–Crippen MR) is 71.6 cm³/mol. The topological polar surface area (TPSA) is 12.0 Å². The lowest BCUT2D eigenvalue weighted by molar-refractivity contribution is 0.537. The third kappa shape index (κ3) is 3.82. The van der Waals surface area contributed by atoms with Crippen molar-refractivity contribution in [1.29, 1.82) is 0 Å². The molecule has 1 nitrogen and oxygen atoms in total. The van der Waals surface area contributed by atoms with E-state index in [0.29, 0.717) is 12.1 Å². The molecule has 0 spiro atoms. The van der Waals surface area contributed by atoms with E-state index in [1.54, 1.807) is 0 Å². The zero-order valence-corrected chi connectivity index (χ0v) is 10.7. The predicted octanol–water partition coefficient (Wildman–Crippen LogP) is 3.86. The van der Waals surface area contributed by atoms with Gasteiger partial charge in [-0.25, -0.2) is 0 Å². The number of hydrogen-bond acceptors (Lipinski definition) is 1. The van der Waals surface area contributed by atoms with Gasteiger partial charge in [0, 0.05) is 12.1 Å². The highest BCUT2D eigenvalue weighted by Gasteiger charge is 2.06. The minimum Gasteiger partial charge on any atom is -0.304 e. The number of benzene rings is 1. The molecular formula is C15H23N. The summed E-state index contributed by atoms with van der Waals surface area (Å²) >= 11 is 0. The average molecular weight is 217 g/mol. The third-order valence-electron chi connectivity index (χ3n) is 2.88. The normalized spacial score (nSPS) is 14.4. The highest BCUT2D eigenvalue weighted by molar-refractivity contribution is 5.25. The van der Waals surface area contributed by atoms with Crippen LogP contribution in [-0.2, 0) is 6.42 Å². The number of aryl methyl sites for hydroxylation is 1. The van der Waals surface area contributed by atoms with Crippen molar-refractivity contribution in [2.45, 2.75) is 45.7 Å². The second-order valence-corrected chi connectivity index (χ2v) is 4.40. The van der Waals surface area contributed by atoms with Crippen molar-refractivity contribution in [3.05, 3.63) is 48.0 Å². The van der Waals surface area contributed by atoms with Crippen LogP contribution in [0.1, 0.15) is 44.4 Å². The van der Waals surface area contributed by atoms with Crippen molar-refractivity contribution in [2.75, 3.05) is 0 Å². The van der Waals surface area contributed by atoms with Crippen molar-refractivity contribution in [3.8, 4) is 0 Å². The Labute approximate surface area is 99.6 Å². The Morgan fingerprint density at radius 1 is 1.25 bits per heavy atom. The Kier molecular flexibility index (Phi) is 5.27. The van der Waals surface area contributed by atoms with Crippen molar-refractivity contribution < 1.29 is 0 Å². The van der Waals surface area contributed by atoms with Crippen LogP contribution in [-0.4, -0.2) is 6.04 Å². The fourth-order valence-electron chi connectivity index (χ4n) is 1.82. The summed E-state index contributed by atoms with van der Waals surface area (Å²) in [7, 11) is 0. The fraction of sp³-hybridized carbons (Fsp3) is 0.467. The number of hydrogen-bond donors (Lipinski definition) is 1. The van der Waals surface area contributed by atoms with Crippen LogP contribution in [0.15, 0.2) is 36.9 Å². The molecule has 0 aromatic heterocycles. The first-order valence-corrected chi connectivity index (χ1v) is 6.14. The molecule has 1 aromatic carbocycles. The number of rotatable bonds is 6. The second-order valence-electron chi connectivity index (χ2n) is 4.40. The molecule has 0 aliphatic rings. The Morgan fingerprint density at radius 2 is 1.88 bits per heavy atom. The minimum atomic E-state index is 0.352. The van der Waals surface area contributed by atoms with E-state index in [2.05, 4.69) is 56.9 Å². The van der Waals surface area contributed by atoms with Crippen molar-refractivity contribution in [2.24, 2.45) is 0 Å². The van der Waals surface area contributed by atoms with Gasteiger partial charge in [0.15, 0.2) is 0 Å². The zero-order chi connectivity index (χ0) is 12.0. The molecule has 0 radical (unpaired) electrons. The van der Waals surface area contributed by atoms with E-state index in [4.69, 9.17) is 0 Å². The molecule has 16 heavy (non-hydrogen) atoms. The molecule has 1 N–H and O–H groups in total. The van der Waals surface area contributed by atoms with Crippen LogP contribution in [0.4, 0.5) is 0 Å². The highest BCUT2D eigenvalue weighted by atomic mass is 14.9. The second kappa shape index (κ2) is 6.49. The highest BCUT2D eigenvalue weighted by Crippen LogP contribution is 2.14. The van der Waals surface area contributed by atoms with E-state index in [9.17, 15) is 0 Å². The van der Waals surface area contributed by atoms with Crippen LogP contribution in [0.5, 0.6) is 0 Å². The standard InChI is InChI=1S/C15H23N/c1-5-7-14-8-10-15(11-9-14)13(4)16-12(3)6-2/h6,8-13,16H,2,5,7H2,1,3-4H3. The van der Waals surface area contributed by atoms with E-state index in [0.717, 1.165) is 0 Å². The van der Waals surface area contributed by atoms with E-state index in [-0.39, 0.29) is 0 Å². The first-order chi connectivity index (χ1) is 7.67. The van der Waals surface area contributed by atoms with Gasteiger partial charge in [-0.3, -0.25) is 0 Å². The van der Waals surface area contributed by atoms with Crippen LogP contribution >= 0.6 is 0 Å². The lowest BCUT2D eigenvalue weighted by Crippen LogP contribution is -2.26. The largest absolute Gasteiger partial charge is 0.304 e. The van der Waals surface area contributed by atoms with E-state index in [1.807, 2.05) is 6.08 Å². The lowest BCUT2D eigenvalue weighted by atomic mass is 10.0. The molecule has 0 saturated heterocycles. The quantitative estimate of drug-likeness (QED) is 0.713. The minimum absolute atomic E-state index is 0.352. The zero-order valence-electron chi connectivity index (χ0n) is 10.7. The molecule has 0 fully saturated rings. The summed E-state index contributed by atoms with van der Waals surface area (Å²) in [4.78, 5) is 0. The van der Waals surface area contributed by atoms with Gasteiger partial charge in [-0.15, -0.1) is 6.58 Å². The van der Waals surface area contributed by atoms with Gasteiger partial charge in [0.05, 0.1) is 0 Å². The maximum Gasteiger partial charge on any atom is 0.0297 e. The monoisotopic (exact) mass is 217 g/mol. The number of nitrogens with one attached hydrogen (secondary N) is 1. The van der Waals surface area contributed by atoms with Crippen LogP contribution in [0, 0.1) is 0 Å². The third-order valence-corrected chi connectivity index (χ3v) is 2.88. The van der Waals surface area contributed by atoms with Gasteiger partial charge in [0.2, 0.25) is 0 Å². The van der Waals surface area contributed by atoms with Crippen molar-refractivity contribution in [3.63, 3.8) is 0 Å². The lowest BCUT2D eigenvalue weighted by Gasteiger charge is -2.18. The SMILES string of the molecule is C=CC(C)NC(C)c1ccc(CCC)cc1. The van der Waals surface area contributed by atoms with Crippen molar-refractivity contribution >= 4 is 0 Å². The van der Waals surface area contributed by atoms with E-state index < -0.39 is 0 Å². The summed E-state index contributed by atoms with van der Waals surface area (Å²) in [6.45, 7) is 10.3. The Hall–Kier alpha value is -1.08. The van der Waals surface area contributed by atoms with Gasteiger partial charge >= 0.3 is 0 Å². The molecule has 1 aromatic rings. The fourth-order valence-corrected chi connectivity index (χ4v) is 1.82. The molecule has 88 valence electrons. The van der Waals surface area contributed by atoms with Crippen molar-refractivity contribution in [1.82, 2.24) is 5.32 Å². The van der Waals surface area contributed by atoms with Gasteiger partial charge in [0.25, 0.3) is 0 Å². The summed E-state index contributed by atoms with van der Waals surface area (Å²) in [5.74, 6) is 0. The summed E-state index contributed by atoms with van der Waals surface area (Å²) in [6, 6.07) is 9.64. The molecule has 1 rings (SSSR count). The Morgan fingerprint density at radius 3 is 2.38 bits per heavy atom. The summed E-state index contributed by atoms with van der Waals surface area (Å²) in [5, 5.41) is 3.48. The molecule has 2 unspecified atom stereocenters. The van der Waals surface area contributed by atoms with Crippen LogP contribution in [0.2, 0.25) is 0 Å². The molecule has 0 saturated carbocycles. The molecular weight excluding hydrogens is 194 g/mol. The average Bonchev–Trinajstić information content (AvgIpc) is 2.30. The molecule has 0 aliphatic carbocycles. The summed E-state index contributed by atoms with van der Waals surface area (Å²) in [6.07, 6.45) is 4.31. The first kappa shape index (κ1) is 13.0. The maximum atomic E-state index is 3.78. The summed E-state index contributed by atoms with van der Waals surface area (Å²) in [5.41, 5.74) is 2.77. The van der Waals surface area contributed by atoms with Gasteiger partial charge in [-0.1, -0.05) is 43.7 Å². The smallest absolute Gasteiger partial charge is 0.0297 e. The van der Waals surface area contributed by atoms with Crippen LogP contribution < -0.4 is 5.32 Å². The van der Waals surface area contributed by atoms with Gasteiger partial charge in [0.1, 0.15) is 0 Å². The molecule has 0 heterocycles. The molecule has 0 amide bonds. The summed E-state index contributed by atoms with van der Waals surface area (Å²) < 4.78 is 0. The Bertz CT molecular complexity index is 313. The van der Waals surface area contributed by atoms with E-state index in [1.165, 1.54) is 24.0 Å². The van der Waals surface area contributed by atoms with E-state index >= 15 is 0 Å². The molecule has 0 aliphatic heterocycles. The molecule has 2 atom stereocenters. The van der Waals surface area contributed by atoms with Gasteiger partial charge < -0.3 is 5.32 Å². The van der Waals surface area contributed by atoms with Gasteiger partial charge in [-0.05, 0) is 31.4 Å². The van der Waals surface area contributed by atoms with Crippen LogP contribution in [0.25, 0.3) is 0 Å². The van der Waals surface area contributed by atoms with Crippen LogP contribution in [0.3, 0.4) is 0 Å².